The van der Waals surface area contributed by atoms with Gasteiger partial charge in [0.1, 0.15) is 10.8 Å². The number of nitrogens with zero attached hydrogens (tertiary/aromatic N) is 3. The molecule has 2 amide bonds. The molecule has 2 heterocycles. The van der Waals surface area contributed by atoms with Gasteiger partial charge in [-0.1, -0.05) is 41.9 Å². The number of fused-ring (bicyclic) bond motifs is 1. The van der Waals surface area contributed by atoms with Crippen LogP contribution in [0.2, 0.25) is 10.0 Å². The topological polar surface area (TPSA) is 112 Å². The van der Waals surface area contributed by atoms with Crippen LogP contribution in [0, 0.1) is 5.92 Å². The average Bonchev–Trinajstić information content (AvgIpc) is 3.40. The number of halogens is 2. The zero-order valence-corrected chi connectivity index (χ0v) is 23.3. The van der Waals surface area contributed by atoms with Crippen molar-refractivity contribution in [1.82, 2.24) is 14.8 Å². The first-order chi connectivity index (χ1) is 17.2. The van der Waals surface area contributed by atoms with E-state index in [9.17, 15) is 9.59 Å². The fourth-order valence-corrected chi connectivity index (χ4v) is 6.77. The Balaban J connectivity index is 1.44. The predicted molar refractivity (Wildman–Crippen MR) is 145 cm³/mol. The zero-order chi connectivity index (χ0) is 26.0. The van der Waals surface area contributed by atoms with Gasteiger partial charge in [-0.15, -0.1) is 21.5 Å². The van der Waals surface area contributed by atoms with Crippen molar-refractivity contribution in [2.75, 3.05) is 11.1 Å². The molecule has 3 aromatic rings. The number of primary amides is 1. The van der Waals surface area contributed by atoms with Crippen LogP contribution in [0.4, 0.5) is 5.00 Å². The third kappa shape index (κ3) is 5.82. The number of carbonyl (C=O) groups excluding carboxylic acids is 2. The molecular formula is C24H27Cl2N5O3S2. The van der Waals surface area contributed by atoms with E-state index in [1.807, 2.05) is 18.4 Å². The molecular weight excluding hydrogens is 541 g/mol. The van der Waals surface area contributed by atoms with Gasteiger partial charge in [0, 0.05) is 22.5 Å². The average molecular weight is 569 g/mol. The van der Waals surface area contributed by atoms with Crippen LogP contribution in [0.5, 0.6) is 5.75 Å². The van der Waals surface area contributed by atoms with Crippen LogP contribution in [0.3, 0.4) is 0 Å². The molecule has 2 atom stereocenters. The summed E-state index contributed by atoms with van der Waals surface area (Å²) in [5, 5.41) is 13.5. The van der Waals surface area contributed by atoms with Crippen LogP contribution in [0.15, 0.2) is 23.4 Å². The maximum atomic E-state index is 12.8. The number of ether oxygens (including phenoxy) is 1. The van der Waals surface area contributed by atoms with E-state index in [4.69, 9.17) is 33.7 Å². The molecule has 1 aliphatic rings. The van der Waals surface area contributed by atoms with Crippen molar-refractivity contribution >= 4 is 63.1 Å². The summed E-state index contributed by atoms with van der Waals surface area (Å²) in [4.78, 5) is 26.1. The highest BCUT2D eigenvalue weighted by molar-refractivity contribution is 7.99. The Hall–Kier alpha value is -2.27. The van der Waals surface area contributed by atoms with E-state index in [1.165, 1.54) is 23.1 Å². The molecule has 0 spiro atoms. The number of aromatic nitrogens is 3. The van der Waals surface area contributed by atoms with Crippen molar-refractivity contribution in [1.29, 1.82) is 0 Å². The van der Waals surface area contributed by atoms with Gasteiger partial charge in [-0.2, -0.15) is 0 Å². The molecule has 0 bridgehead atoms. The largest absolute Gasteiger partial charge is 0.481 e. The maximum absolute atomic E-state index is 12.8. The fraction of sp³-hybridized carbons (Fsp3) is 0.417. The van der Waals surface area contributed by atoms with Crippen molar-refractivity contribution < 1.29 is 14.3 Å². The van der Waals surface area contributed by atoms with Crippen LogP contribution in [-0.2, 0) is 24.2 Å². The van der Waals surface area contributed by atoms with Gasteiger partial charge >= 0.3 is 0 Å². The summed E-state index contributed by atoms with van der Waals surface area (Å²) in [7, 11) is 0. The number of hydrogen-bond donors (Lipinski definition) is 2. The second kappa shape index (κ2) is 11.4. The zero-order valence-electron chi connectivity index (χ0n) is 20.1. The van der Waals surface area contributed by atoms with E-state index in [0.717, 1.165) is 29.7 Å². The number of rotatable bonds is 9. The maximum Gasteiger partial charge on any atom is 0.251 e. The Labute approximate surface area is 227 Å². The van der Waals surface area contributed by atoms with Crippen molar-refractivity contribution in [2.24, 2.45) is 11.7 Å². The van der Waals surface area contributed by atoms with Gasteiger partial charge in [-0.05, 0) is 56.7 Å². The minimum atomic E-state index is -0.505. The van der Waals surface area contributed by atoms with Crippen LogP contribution in [0.1, 0.15) is 59.9 Å². The van der Waals surface area contributed by atoms with Gasteiger partial charge in [0.25, 0.3) is 5.91 Å². The molecule has 0 fully saturated rings. The molecule has 3 N–H and O–H groups in total. The molecule has 0 aliphatic heterocycles. The highest BCUT2D eigenvalue weighted by Gasteiger charge is 2.27. The molecule has 4 rings (SSSR count). The Morgan fingerprint density at radius 3 is 2.86 bits per heavy atom. The third-order valence-electron chi connectivity index (χ3n) is 5.97. The third-order valence-corrected chi connectivity index (χ3v) is 8.65. The quantitative estimate of drug-likeness (QED) is 0.318. The lowest BCUT2D eigenvalue weighted by molar-refractivity contribution is -0.113. The van der Waals surface area contributed by atoms with Crippen molar-refractivity contribution in [2.45, 2.75) is 57.8 Å². The van der Waals surface area contributed by atoms with Gasteiger partial charge in [-0.25, -0.2) is 0 Å². The van der Waals surface area contributed by atoms with Gasteiger partial charge in [0.05, 0.1) is 16.3 Å². The van der Waals surface area contributed by atoms with E-state index < -0.39 is 12.0 Å². The van der Waals surface area contributed by atoms with E-state index in [1.54, 1.807) is 18.2 Å². The van der Waals surface area contributed by atoms with Crippen molar-refractivity contribution in [3.63, 3.8) is 0 Å². The summed E-state index contributed by atoms with van der Waals surface area (Å²) in [5.74, 6) is 0.962. The van der Waals surface area contributed by atoms with Gasteiger partial charge in [0.2, 0.25) is 5.91 Å². The van der Waals surface area contributed by atoms with Crippen molar-refractivity contribution in [3.8, 4) is 5.75 Å². The number of nitrogens with one attached hydrogen (secondary N) is 1. The highest BCUT2D eigenvalue weighted by atomic mass is 35.5. The predicted octanol–water partition coefficient (Wildman–Crippen LogP) is 5.76. The summed E-state index contributed by atoms with van der Waals surface area (Å²) in [6.07, 6.45) is 2.26. The molecule has 2 unspecified atom stereocenters. The van der Waals surface area contributed by atoms with E-state index in [-0.39, 0.29) is 11.7 Å². The van der Waals surface area contributed by atoms with Crippen LogP contribution in [-0.4, -0.2) is 32.3 Å². The first-order valence-electron chi connectivity index (χ1n) is 11.6. The van der Waals surface area contributed by atoms with E-state index in [0.29, 0.717) is 49.8 Å². The molecule has 36 heavy (non-hydrogen) atoms. The van der Waals surface area contributed by atoms with Crippen LogP contribution >= 0.6 is 46.3 Å². The molecule has 1 aromatic carbocycles. The SMILES string of the molecule is CCn1c(SCC(=O)Nc2sc3c(c2C(N)=O)CCC(C)C3)nnc1C(C)Oc1cc(Cl)ccc1Cl. The minimum Gasteiger partial charge on any atom is -0.481 e. The second-order valence-electron chi connectivity index (χ2n) is 8.68. The minimum absolute atomic E-state index is 0.102. The first kappa shape index (κ1) is 26.8. The normalized spacial score (nSPS) is 15.9. The summed E-state index contributed by atoms with van der Waals surface area (Å²) in [5.41, 5.74) is 7.10. The number of carbonyl (C=O) groups is 2. The molecule has 0 saturated carbocycles. The Morgan fingerprint density at radius 1 is 1.36 bits per heavy atom. The fourth-order valence-electron chi connectivity index (χ4n) is 4.21. The van der Waals surface area contributed by atoms with Gasteiger partial charge in [0.15, 0.2) is 17.1 Å². The molecule has 192 valence electrons. The summed E-state index contributed by atoms with van der Waals surface area (Å²) in [6, 6.07) is 5.01. The molecule has 1 aliphatic carbocycles. The Kier molecular flexibility index (Phi) is 8.49. The van der Waals surface area contributed by atoms with Crippen molar-refractivity contribution in [3.05, 3.63) is 50.1 Å². The van der Waals surface area contributed by atoms with Crippen LogP contribution < -0.4 is 15.8 Å². The molecule has 2 aromatic heterocycles. The number of hydrogen-bond acceptors (Lipinski definition) is 7. The monoisotopic (exact) mass is 567 g/mol. The van der Waals surface area contributed by atoms with Gasteiger partial charge < -0.3 is 20.4 Å². The smallest absolute Gasteiger partial charge is 0.251 e. The van der Waals surface area contributed by atoms with E-state index >= 15 is 0 Å². The molecule has 8 nitrogen and oxygen atoms in total. The number of thiophene rings is 1. The number of anilines is 1. The lowest BCUT2D eigenvalue weighted by Crippen LogP contribution is -2.20. The first-order valence-corrected chi connectivity index (χ1v) is 14.2. The Bertz CT molecular complexity index is 1290. The molecule has 12 heteroatoms. The number of thioether (sulfide) groups is 1. The van der Waals surface area contributed by atoms with Gasteiger partial charge in [-0.3, -0.25) is 9.59 Å². The molecule has 0 saturated heterocycles. The lowest BCUT2D eigenvalue weighted by atomic mass is 9.88. The lowest BCUT2D eigenvalue weighted by Gasteiger charge is -2.18. The Morgan fingerprint density at radius 2 is 2.14 bits per heavy atom. The highest BCUT2D eigenvalue weighted by Crippen LogP contribution is 2.39. The summed E-state index contributed by atoms with van der Waals surface area (Å²) in [6.45, 7) is 6.59. The standard InChI is InChI=1S/C24H27Cl2N5O3S2/c1-4-31-22(13(3)34-17-10-14(25)6-8-16(17)26)29-30-24(31)35-11-19(32)28-23-20(21(27)33)15-7-5-12(2)9-18(15)36-23/h6,8,10,12-13H,4-5,7,9,11H2,1-3H3,(H2,27,33)(H,28,32). The number of amides is 2. The number of nitrogens with two attached hydrogens (primary N) is 1. The second-order valence-corrected chi connectivity index (χ2v) is 11.6. The number of benzene rings is 1. The van der Waals surface area contributed by atoms with Crippen LogP contribution in [0.25, 0.3) is 0 Å². The van der Waals surface area contributed by atoms with E-state index in [2.05, 4.69) is 22.4 Å². The molecule has 0 radical (unpaired) electrons. The summed E-state index contributed by atoms with van der Waals surface area (Å²) >= 11 is 15.0. The summed E-state index contributed by atoms with van der Waals surface area (Å²) < 4.78 is 7.87.